The Bertz CT molecular complexity index is 836. The standard InChI is InChI=1S/C23H27FN2O3/c1-3-29-21-12-6-17(7-13-21)15-25(2)22(27)19-5-4-14-26(16-19)23(28)18-8-10-20(24)11-9-18/h6-13,19H,3-5,14-16H2,1-2H3. The monoisotopic (exact) mass is 398 g/mol. The summed E-state index contributed by atoms with van der Waals surface area (Å²) >= 11 is 0. The maximum Gasteiger partial charge on any atom is 0.253 e. The number of piperidine rings is 1. The zero-order chi connectivity index (χ0) is 20.8. The molecule has 3 rings (SSSR count). The van der Waals surface area contributed by atoms with Crippen LogP contribution in [0.25, 0.3) is 0 Å². The summed E-state index contributed by atoms with van der Waals surface area (Å²) < 4.78 is 18.6. The molecule has 1 heterocycles. The SMILES string of the molecule is CCOc1ccc(CN(C)C(=O)C2CCCN(C(=O)c3ccc(F)cc3)C2)cc1. The van der Waals surface area contributed by atoms with Crippen LogP contribution in [0.4, 0.5) is 4.39 Å². The number of carbonyl (C=O) groups excluding carboxylic acids is 2. The maximum absolute atomic E-state index is 13.1. The molecule has 5 nitrogen and oxygen atoms in total. The predicted octanol–water partition coefficient (Wildman–Crippen LogP) is 3.74. The molecular weight excluding hydrogens is 371 g/mol. The number of hydrogen-bond donors (Lipinski definition) is 0. The van der Waals surface area contributed by atoms with Gasteiger partial charge in [0, 0.05) is 32.2 Å². The topological polar surface area (TPSA) is 49.9 Å². The molecule has 0 aliphatic carbocycles. The van der Waals surface area contributed by atoms with Crippen molar-refractivity contribution in [3.8, 4) is 5.75 Å². The average Bonchev–Trinajstić information content (AvgIpc) is 2.75. The smallest absolute Gasteiger partial charge is 0.253 e. The van der Waals surface area contributed by atoms with E-state index >= 15 is 0 Å². The number of halogens is 1. The van der Waals surface area contributed by atoms with Gasteiger partial charge in [-0.3, -0.25) is 9.59 Å². The molecule has 1 saturated heterocycles. The van der Waals surface area contributed by atoms with Crippen LogP contribution < -0.4 is 4.74 Å². The van der Waals surface area contributed by atoms with Crippen LogP contribution in [0.3, 0.4) is 0 Å². The van der Waals surface area contributed by atoms with Gasteiger partial charge in [-0.1, -0.05) is 12.1 Å². The summed E-state index contributed by atoms with van der Waals surface area (Å²) in [6.07, 6.45) is 1.54. The molecule has 0 N–H and O–H groups in total. The molecule has 0 bridgehead atoms. The number of amides is 2. The Hall–Kier alpha value is -2.89. The van der Waals surface area contributed by atoms with Gasteiger partial charge in [-0.25, -0.2) is 4.39 Å². The summed E-state index contributed by atoms with van der Waals surface area (Å²) in [5.41, 5.74) is 1.47. The van der Waals surface area contributed by atoms with Gasteiger partial charge in [-0.05, 0) is 61.7 Å². The molecule has 1 aliphatic rings. The second-order valence-electron chi connectivity index (χ2n) is 7.37. The molecule has 0 saturated carbocycles. The lowest BCUT2D eigenvalue weighted by molar-refractivity contribution is -0.136. The molecule has 6 heteroatoms. The van der Waals surface area contributed by atoms with Crippen LogP contribution in [0.1, 0.15) is 35.7 Å². The lowest BCUT2D eigenvalue weighted by Crippen LogP contribution is -2.45. The molecule has 1 atom stereocenters. The summed E-state index contributed by atoms with van der Waals surface area (Å²) in [6, 6.07) is 13.3. The largest absolute Gasteiger partial charge is 0.494 e. The van der Waals surface area contributed by atoms with Crippen molar-refractivity contribution in [2.75, 3.05) is 26.7 Å². The highest BCUT2D eigenvalue weighted by Gasteiger charge is 2.30. The minimum Gasteiger partial charge on any atom is -0.494 e. The molecule has 2 amide bonds. The molecule has 2 aromatic carbocycles. The van der Waals surface area contributed by atoms with Gasteiger partial charge in [-0.15, -0.1) is 0 Å². The fourth-order valence-electron chi connectivity index (χ4n) is 3.66. The molecule has 0 spiro atoms. The number of hydrogen-bond acceptors (Lipinski definition) is 3. The van der Waals surface area contributed by atoms with Crippen LogP contribution in [-0.2, 0) is 11.3 Å². The Morgan fingerprint density at radius 2 is 1.83 bits per heavy atom. The van der Waals surface area contributed by atoms with E-state index in [1.807, 2.05) is 31.2 Å². The molecule has 1 aliphatic heterocycles. The predicted molar refractivity (Wildman–Crippen MR) is 109 cm³/mol. The first-order chi connectivity index (χ1) is 14.0. The zero-order valence-corrected chi connectivity index (χ0v) is 16.9. The number of carbonyl (C=O) groups is 2. The minimum atomic E-state index is -0.371. The fourth-order valence-corrected chi connectivity index (χ4v) is 3.66. The molecule has 154 valence electrons. The highest BCUT2D eigenvalue weighted by atomic mass is 19.1. The van der Waals surface area contributed by atoms with Crippen LogP contribution in [-0.4, -0.2) is 48.4 Å². The van der Waals surface area contributed by atoms with Gasteiger partial charge in [0.1, 0.15) is 11.6 Å². The Labute approximate surface area is 171 Å². The van der Waals surface area contributed by atoms with E-state index in [1.54, 1.807) is 16.8 Å². The number of ether oxygens (including phenoxy) is 1. The fraction of sp³-hybridized carbons (Fsp3) is 0.391. The molecule has 1 fully saturated rings. The van der Waals surface area contributed by atoms with Crippen LogP contribution in [0.2, 0.25) is 0 Å². The number of nitrogens with zero attached hydrogens (tertiary/aromatic N) is 2. The lowest BCUT2D eigenvalue weighted by atomic mass is 9.95. The van der Waals surface area contributed by atoms with Gasteiger partial charge < -0.3 is 14.5 Å². The van der Waals surface area contributed by atoms with Crippen molar-refractivity contribution < 1.29 is 18.7 Å². The van der Waals surface area contributed by atoms with Gasteiger partial charge in [0.25, 0.3) is 5.91 Å². The summed E-state index contributed by atoms with van der Waals surface area (Å²) in [5.74, 6) is 0.102. The summed E-state index contributed by atoms with van der Waals surface area (Å²) in [4.78, 5) is 29.0. The summed E-state index contributed by atoms with van der Waals surface area (Å²) in [7, 11) is 1.79. The van der Waals surface area contributed by atoms with Crippen molar-refractivity contribution in [2.45, 2.75) is 26.3 Å². The second-order valence-corrected chi connectivity index (χ2v) is 7.37. The van der Waals surface area contributed by atoms with E-state index in [0.717, 1.165) is 24.2 Å². The second kappa shape index (κ2) is 9.54. The first kappa shape index (κ1) is 20.8. The van der Waals surface area contributed by atoms with Gasteiger partial charge in [0.15, 0.2) is 0 Å². The number of rotatable bonds is 6. The summed E-state index contributed by atoms with van der Waals surface area (Å²) in [6.45, 7) is 4.07. The third-order valence-electron chi connectivity index (χ3n) is 5.18. The van der Waals surface area contributed by atoms with E-state index < -0.39 is 0 Å². The van der Waals surface area contributed by atoms with Crippen molar-refractivity contribution in [1.82, 2.24) is 9.80 Å². The van der Waals surface area contributed by atoms with Gasteiger partial charge in [0.2, 0.25) is 5.91 Å². The zero-order valence-electron chi connectivity index (χ0n) is 16.9. The number of benzene rings is 2. The highest BCUT2D eigenvalue weighted by molar-refractivity contribution is 5.94. The van der Waals surface area contributed by atoms with Crippen LogP contribution in [0, 0.1) is 11.7 Å². The average molecular weight is 398 g/mol. The molecular formula is C23H27FN2O3. The Balaban J connectivity index is 1.59. The Kier molecular flexibility index (Phi) is 6.86. The minimum absolute atomic E-state index is 0.0375. The van der Waals surface area contributed by atoms with Crippen molar-refractivity contribution in [1.29, 1.82) is 0 Å². The van der Waals surface area contributed by atoms with E-state index in [1.165, 1.54) is 24.3 Å². The van der Waals surface area contributed by atoms with E-state index in [9.17, 15) is 14.0 Å². The van der Waals surface area contributed by atoms with E-state index in [4.69, 9.17) is 4.74 Å². The first-order valence-electron chi connectivity index (χ1n) is 9.99. The molecule has 29 heavy (non-hydrogen) atoms. The van der Waals surface area contributed by atoms with Gasteiger partial charge in [0.05, 0.1) is 12.5 Å². The van der Waals surface area contributed by atoms with Crippen LogP contribution in [0.15, 0.2) is 48.5 Å². The quantitative estimate of drug-likeness (QED) is 0.745. The van der Waals surface area contributed by atoms with Crippen molar-refractivity contribution >= 4 is 11.8 Å². The number of likely N-dealkylation sites (tertiary alicyclic amines) is 1. The highest BCUT2D eigenvalue weighted by Crippen LogP contribution is 2.22. The summed E-state index contributed by atoms with van der Waals surface area (Å²) in [5, 5.41) is 0. The molecule has 0 aromatic heterocycles. The first-order valence-corrected chi connectivity index (χ1v) is 9.99. The van der Waals surface area contributed by atoms with Crippen LogP contribution >= 0.6 is 0 Å². The van der Waals surface area contributed by atoms with E-state index in [-0.39, 0.29) is 23.5 Å². The van der Waals surface area contributed by atoms with Gasteiger partial charge in [-0.2, -0.15) is 0 Å². The third kappa shape index (κ3) is 5.34. The third-order valence-corrected chi connectivity index (χ3v) is 5.18. The molecule has 1 unspecified atom stereocenters. The van der Waals surface area contributed by atoms with Crippen molar-refractivity contribution in [3.63, 3.8) is 0 Å². The van der Waals surface area contributed by atoms with Crippen molar-refractivity contribution in [3.05, 3.63) is 65.5 Å². The Morgan fingerprint density at radius 1 is 1.14 bits per heavy atom. The molecule has 0 radical (unpaired) electrons. The molecule has 2 aromatic rings. The van der Waals surface area contributed by atoms with Crippen LogP contribution in [0.5, 0.6) is 5.75 Å². The normalized spacial score (nSPS) is 16.4. The van der Waals surface area contributed by atoms with E-state index in [0.29, 0.717) is 31.8 Å². The van der Waals surface area contributed by atoms with Crippen molar-refractivity contribution in [2.24, 2.45) is 5.92 Å². The van der Waals surface area contributed by atoms with Gasteiger partial charge >= 0.3 is 0 Å². The lowest BCUT2D eigenvalue weighted by Gasteiger charge is -2.34. The van der Waals surface area contributed by atoms with E-state index in [2.05, 4.69) is 0 Å². The maximum atomic E-state index is 13.1. The Morgan fingerprint density at radius 3 is 2.48 bits per heavy atom.